The third kappa shape index (κ3) is 4.24. The van der Waals surface area contributed by atoms with Crippen molar-refractivity contribution in [1.82, 2.24) is 5.32 Å². The number of ether oxygens (including phenoxy) is 1. The zero-order valence-corrected chi connectivity index (χ0v) is 11.1. The zero-order chi connectivity index (χ0) is 13.1. The van der Waals surface area contributed by atoms with Crippen molar-refractivity contribution in [2.75, 3.05) is 7.11 Å². The molecular weight excluding hydrogens is 288 g/mol. The minimum absolute atomic E-state index is 0.319. The predicted octanol–water partition coefficient (Wildman–Crippen LogP) is 2.11. The summed E-state index contributed by atoms with van der Waals surface area (Å²) in [7, 11) is 1.52. The van der Waals surface area contributed by atoms with E-state index in [0.29, 0.717) is 11.3 Å². The monoisotopic (exact) mass is 297 g/mol. The van der Waals surface area contributed by atoms with Crippen LogP contribution in [0.25, 0.3) is 0 Å². The van der Waals surface area contributed by atoms with Gasteiger partial charge in [-0.1, -0.05) is 34.8 Å². The summed E-state index contributed by atoms with van der Waals surface area (Å²) < 4.78 is 2.97. The normalized spacial score (nSPS) is 13.0. The van der Waals surface area contributed by atoms with Crippen LogP contribution in [0.3, 0.4) is 0 Å². The van der Waals surface area contributed by atoms with E-state index >= 15 is 0 Å². The third-order valence-corrected chi connectivity index (χ3v) is 2.55. The fourth-order valence-corrected chi connectivity index (χ4v) is 1.20. The molecule has 4 nitrogen and oxygen atoms in total. The van der Waals surface area contributed by atoms with E-state index in [1.807, 2.05) is 0 Å². The highest BCUT2D eigenvalue weighted by Gasteiger charge is 2.32. The van der Waals surface area contributed by atoms with Crippen LogP contribution in [0.15, 0.2) is 24.3 Å². The van der Waals surface area contributed by atoms with Gasteiger partial charge in [-0.3, -0.25) is 4.79 Å². The maximum absolute atomic E-state index is 11.6. The van der Waals surface area contributed by atoms with Crippen molar-refractivity contribution in [2.45, 2.75) is 10.0 Å². The average Bonchev–Trinajstić information content (AvgIpc) is 2.27. The number of amides is 1. The number of carbonyl (C=O) groups is 1. The van der Waals surface area contributed by atoms with Gasteiger partial charge in [0.05, 0.1) is 7.11 Å². The van der Waals surface area contributed by atoms with Crippen LogP contribution < -0.4 is 10.1 Å². The van der Waals surface area contributed by atoms with E-state index in [2.05, 4.69) is 5.32 Å². The summed E-state index contributed by atoms with van der Waals surface area (Å²) in [6.45, 7) is 0. The van der Waals surface area contributed by atoms with Crippen LogP contribution in [-0.4, -0.2) is 28.1 Å². The molecule has 0 aromatic heterocycles. The number of halogens is 3. The molecule has 1 rings (SSSR count). The van der Waals surface area contributed by atoms with Crippen LogP contribution in [0.2, 0.25) is 0 Å². The summed E-state index contributed by atoms with van der Waals surface area (Å²) in [5.74, 6) is 0.0648. The fraction of sp³-hybridized carbons (Fsp3) is 0.300. The van der Waals surface area contributed by atoms with Gasteiger partial charge in [-0.25, -0.2) is 0 Å². The molecule has 17 heavy (non-hydrogen) atoms. The Morgan fingerprint density at radius 2 is 1.88 bits per heavy atom. The Kier molecular flexibility index (Phi) is 4.89. The van der Waals surface area contributed by atoms with Crippen LogP contribution in [0.5, 0.6) is 5.75 Å². The van der Waals surface area contributed by atoms with Gasteiger partial charge < -0.3 is 15.2 Å². The molecule has 0 aliphatic heterocycles. The van der Waals surface area contributed by atoms with Crippen molar-refractivity contribution in [3.63, 3.8) is 0 Å². The molecule has 0 aliphatic rings. The number of benzene rings is 1. The highest BCUT2D eigenvalue weighted by atomic mass is 35.6. The first-order chi connectivity index (χ1) is 7.84. The molecule has 1 aromatic rings. The number of aliphatic hydroxyl groups excluding tert-OH is 1. The van der Waals surface area contributed by atoms with Gasteiger partial charge in [0.15, 0.2) is 6.23 Å². The largest absolute Gasteiger partial charge is 0.497 e. The Hall–Kier alpha value is -0.680. The third-order valence-electron chi connectivity index (χ3n) is 1.93. The predicted molar refractivity (Wildman–Crippen MR) is 66.8 cm³/mol. The molecule has 0 radical (unpaired) electrons. The molecule has 0 saturated carbocycles. The van der Waals surface area contributed by atoms with Crippen LogP contribution in [-0.2, 0) is 0 Å². The maximum atomic E-state index is 11.6. The molecule has 0 saturated heterocycles. The summed E-state index contributed by atoms with van der Waals surface area (Å²) in [5.41, 5.74) is 0.319. The van der Waals surface area contributed by atoms with Crippen molar-refractivity contribution in [2.24, 2.45) is 0 Å². The van der Waals surface area contributed by atoms with Gasteiger partial charge in [-0.05, 0) is 24.3 Å². The number of nitrogens with one attached hydrogen (secondary N) is 1. The average molecular weight is 299 g/mol. The van der Waals surface area contributed by atoms with Gasteiger partial charge in [0, 0.05) is 5.56 Å². The molecule has 1 atom stereocenters. The maximum Gasteiger partial charge on any atom is 0.253 e. The van der Waals surface area contributed by atoms with Crippen molar-refractivity contribution >= 4 is 40.7 Å². The Balaban J connectivity index is 2.70. The molecule has 0 fully saturated rings. The van der Waals surface area contributed by atoms with E-state index in [1.54, 1.807) is 12.1 Å². The van der Waals surface area contributed by atoms with Crippen LogP contribution in [0.4, 0.5) is 0 Å². The number of hydrogen-bond acceptors (Lipinski definition) is 3. The first kappa shape index (κ1) is 14.4. The highest BCUT2D eigenvalue weighted by Crippen LogP contribution is 2.29. The lowest BCUT2D eigenvalue weighted by Crippen LogP contribution is -2.43. The van der Waals surface area contributed by atoms with Crippen LogP contribution >= 0.6 is 34.8 Å². The molecule has 1 aromatic carbocycles. The van der Waals surface area contributed by atoms with E-state index in [1.165, 1.54) is 19.2 Å². The topological polar surface area (TPSA) is 58.6 Å². The summed E-state index contributed by atoms with van der Waals surface area (Å²) in [6, 6.07) is 6.27. The van der Waals surface area contributed by atoms with E-state index in [9.17, 15) is 9.90 Å². The van der Waals surface area contributed by atoms with Crippen LogP contribution in [0.1, 0.15) is 10.4 Å². The van der Waals surface area contributed by atoms with E-state index < -0.39 is 15.9 Å². The van der Waals surface area contributed by atoms with E-state index in [-0.39, 0.29) is 0 Å². The lowest BCUT2D eigenvalue weighted by Gasteiger charge is -2.19. The second-order valence-electron chi connectivity index (χ2n) is 3.15. The van der Waals surface area contributed by atoms with Gasteiger partial charge in [-0.2, -0.15) is 0 Å². The Bertz CT molecular complexity index is 389. The molecule has 94 valence electrons. The molecular formula is C10H10Cl3NO3. The van der Waals surface area contributed by atoms with E-state index in [4.69, 9.17) is 39.5 Å². The summed E-state index contributed by atoms with van der Waals surface area (Å²) >= 11 is 16.2. The minimum atomic E-state index is -1.97. The molecule has 1 unspecified atom stereocenters. The first-order valence-corrected chi connectivity index (χ1v) is 5.67. The Morgan fingerprint density at radius 1 is 1.35 bits per heavy atom. The summed E-state index contributed by atoms with van der Waals surface area (Å²) in [5, 5.41) is 11.5. The van der Waals surface area contributed by atoms with Crippen molar-refractivity contribution in [1.29, 1.82) is 0 Å². The van der Waals surface area contributed by atoms with Gasteiger partial charge in [-0.15, -0.1) is 0 Å². The minimum Gasteiger partial charge on any atom is -0.497 e. The number of carbonyl (C=O) groups excluding carboxylic acids is 1. The summed E-state index contributed by atoms with van der Waals surface area (Å²) in [6.07, 6.45) is -1.58. The molecule has 0 spiro atoms. The Labute approximate surface area is 113 Å². The first-order valence-electron chi connectivity index (χ1n) is 4.54. The molecule has 0 aliphatic carbocycles. The van der Waals surface area contributed by atoms with E-state index in [0.717, 1.165) is 0 Å². The van der Waals surface area contributed by atoms with Crippen molar-refractivity contribution < 1.29 is 14.6 Å². The van der Waals surface area contributed by atoms with Crippen LogP contribution in [0, 0.1) is 0 Å². The molecule has 0 heterocycles. The Morgan fingerprint density at radius 3 is 2.29 bits per heavy atom. The summed E-state index contributed by atoms with van der Waals surface area (Å²) in [4.78, 5) is 11.6. The lowest BCUT2D eigenvalue weighted by atomic mass is 10.2. The number of hydrogen-bond donors (Lipinski definition) is 2. The highest BCUT2D eigenvalue weighted by molar-refractivity contribution is 6.68. The molecule has 7 heteroatoms. The van der Waals surface area contributed by atoms with Crippen molar-refractivity contribution in [3.8, 4) is 5.75 Å². The number of methoxy groups -OCH3 is 1. The second-order valence-corrected chi connectivity index (χ2v) is 5.52. The van der Waals surface area contributed by atoms with Gasteiger partial charge in [0.2, 0.25) is 3.79 Å². The lowest BCUT2D eigenvalue weighted by molar-refractivity contribution is 0.0791. The number of aliphatic hydroxyl groups is 1. The quantitative estimate of drug-likeness (QED) is 0.664. The SMILES string of the molecule is COc1ccc(C(=O)NC(O)C(Cl)(Cl)Cl)cc1. The van der Waals surface area contributed by atoms with Gasteiger partial charge >= 0.3 is 0 Å². The number of alkyl halides is 3. The number of rotatable bonds is 3. The second kappa shape index (κ2) is 5.78. The molecule has 0 bridgehead atoms. The molecule has 2 N–H and O–H groups in total. The zero-order valence-electron chi connectivity index (χ0n) is 8.78. The van der Waals surface area contributed by atoms with Crippen molar-refractivity contribution in [3.05, 3.63) is 29.8 Å². The van der Waals surface area contributed by atoms with Gasteiger partial charge in [0.1, 0.15) is 5.75 Å². The standard InChI is InChI=1S/C10H10Cl3NO3/c1-17-7-4-2-6(3-5-7)8(15)14-9(16)10(11,12)13/h2-5,9,16H,1H3,(H,14,15). The molecule has 1 amide bonds. The van der Waals surface area contributed by atoms with Gasteiger partial charge in [0.25, 0.3) is 5.91 Å². The fourth-order valence-electron chi connectivity index (χ4n) is 1.03. The smallest absolute Gasteiger partial charge is 0.253 e.